The Morgan fingerprint density at radius 3 is 2.39 bits per heavy atom. The molecule has 0 fully saturated rings. The monoisotopic (exact) mass is 444 g/mol. The van der Waals surface area contributed by atoms with Crippen molar-refractivity contribution in [1.82, 2.24) is 15.1 Å². The SMILES string of the molecule is COc1ccc(NC(=O)N[C@@H]2C=C[C@@H](c3c(C)nn(-c4ccc(C(C)C)cc4)c3C)C2)cc1. The molecule has 4 rings (SSSR count). The first-order valence-electron chi connectivity index (χ1n) is 11.4. The minimum absolute atomic E-state index is 0.0271. The van der Waals surface area contributed by atoms with Crippen molar-refractivity contribution in [2.45, 2.75) is 52.0 Å². The number of hydrogen-bond acceptors (Lipinski definition) is 3. The summed E-state index contributed by atoms with van der Waals surface area (Å²) in [6.07, 6.45) is 5.07. The normalized spacial score (nSPS) is 17.4. The van der Waals surface area contributed by atoms with Gasteiger partial charge in [-0.05, 0) is 68.1 Å². The van der Waals surface area contributed by atoms with E-state index in [-0.39, 0.29) is 18.0 Å². The van der Waals surface area contributed by atoms with E-state index in [1.807, 2.05) is 28.9 Å². The molecule has 2 amide bonds. The number of allylic oxidation sites excluding steroid dienone is 1. The van der Waals surface area contributed by atoms with Crippen LogP contribution in [-0.2, 0) is 0 Å². The molecule has 2 N–H and O–H groups in total. The third kappa shape index (κ3) is 4.95. The zero-order valence-corrected chi connectivity index (χ0v) is 19.9. The van der Waals surface area contributed by atoms with Gasteiger partial charge in [0, 0.05) is 28.9 Å². The van der Waals surface area contributed by atoms with Gasteiger partial charge >= 0.3 is 6.03 Å². The molecule has 0 bridgehead atoms. The fourth-order valence-electron chi connectivity index (χ4n) is 4.47. The number of anilines is 1. The van der Waals surface area contributed by atoms with E-state index in [1.165, 1.54) is 11.1 Å². The number of urea groups is 1. The number of aryl methyl sites for hydroxylation is 1. The number of rotatable bonds is 6. The van der Waals surface area contributed by atoms with Gasteiger partial charge in [0.2, 0.25) is 0 Å². The van der Waals surface area contributed by atoms with Crippen LogP contribution >= 0.6 is 0 Å². The van der Waals surface area contributed by atoms with E-state index in [0.717, 1.165) is 34.9 Å². The van der Waals surface area contributed by atoms with Crippen LogP contribution in [0.25, 0.3) is 5.69 Å². The van der Waals surface area contributed by atoms with E-state index in [9.17, 15) is 4.79 Å². The number of nitrogens with zero attached hydrogens (tertiary/aromatic N) is 2. The number of hydrogen-bond donors (Lipinski definition) is 2. The molecule has 1 aromatic heterocycles. The number of amides is 2. The molecule has 2 atom stereocenters. The van der Waals surface area contributed by atoms with E-state index in [0.29, 0.717) is 5.92 Å². The summed E-state index contributed by atoms with van der Waals surface area (Å²) in [4.78, 5) is 12.5. The quantitative estimate of drug-likeness (QED) is 0.468. The third-order valence-corrected chi connectivity index (χ3v) is 6.27. The van der Waals surface area contributed by atoms with Crippen molar-refractivity contribution >= 4 is 11.7 Å². The fraction of sp³-hybridized carbons (Fsp3) is 0.333. The fourth-order valence-corrected chi connectivity index (χ4v) is 4.47. The van der Waals surface area contributed by atoms with Crippen LogP contribution in [0.15, 0.2) is 60.7 Å². The molecule has 0 saturated carbocycles. The molecule has 1 aliphatic rings. The molecule has 3 aromatic rings. The van der Waals surface area contributed by atoms with E-state index in [2.05, 4.69) is 74.7 Å². The number of aromatic nitrogens is 2. The molecule has 0 saturated heterocycles. The molecular formula is C27H32N4O2. The Kier molecular flexibility index (Phi) is 6.54. The van der Waals surface area contributed by atoms with Gasteiger partial charge in [-0.3, -0.25) is 0 Å². The maximum atomic E-state index is 12.5. The van der Waals surface area contributed by atoms with Crippen molar-refractivity contribution in [3.05, 3.63) is 83.2 Å². The minimum Gasteiger partial charge on any atom is -0.497 e. The van der Waals surface area contributed by atoms with Gasteiger partial charge in [0.25, 0.3) is 0 Å². The lowest BCUT2D eigenvalue weighted by Gasteiger charge is -2.15. The molecule has 0 radical (unpaired) electrons. The lowest BCUT2D eigenvalue weighted by molar-refractivity contribution is 0.250. The average Bonchev–Trinajstić information content (AvgIpc) is 3.37. The summed E-state index contributed by atoms with van der Waals surface area (Å²) in [5.41, 5.74) is 6.52. The van der Waals surface area contributed by atoms with E-state index in [4.69, 9.17) is 9.84 Å². The summed E-state index contributed by atoms with van der Waals surface area (Å²) in [5, 5.41) is 10.8. The van der Waals surface area contributed by atoms with Gasteiger partial charge in [-0.25, -0.2) is 9.48 Å². The summed E-state index contributed by atoms with van der Waals surface area (Å²) >= 11 is 0. The number of carbonyl (C=O) groups is 1. The predicted octanol–water partition coefficient (Wildman–Crippen LogP) is 5.85. The highest BCUT2D eigenvalue weighted by Crippen LogP contribution is 2.34. The average molecular weight is 445 g/mol. The molecular weight excluding hydrogens is 412 g/mol. The Hall–Kier alpha value is -3.54. The summed E-state index contributed by atoms with van der Waals surface area (Å²) in [6, 6.07) is 15.7. The van der Waals surface area contributed by atoms with Crippen LogP contribution < -0.4 is 15.4 Å². The van der Waals surface area contributed by atoms with Gasteiger partial charge in [0.05, 0.1) is 18.5 Å². The van der Waals surface area contributed by atoms with Crippen molar-refractivity contribution < 1.29 is 9.53 Å². The smallest absolute Gasteiger partial charge is 0.319 e. The van der Waals surface area contributed by atoms with Crippen molar-refractivity contribution in [3.63, 3.8) is 0 Å². The molecule has 1 heterocycles. The molecule has 0 spiro atoms. The largest absolute Gasteiger partial charge is 0.497 e. The maximum Gasteiger partial charge on any atom is 0.319 e. The number of benzene rings is 2. The molecule has 0 unspecified atom stereocenters. The van der Waals surface area contributed by atoms with Crippen molar-refractivity contribution in [3.8, 4) is 11.4 Å². The van der Waals surface area contributed by atoms with Crippen LogP contribution in [0.1, 0.15) is 54.6 Å². The molecule has 6 nitrogen and oxygen atoms in total. The molecule has 172 valence electrons. The van der Waals surface area contributed by atoms with Crippen molar-refractivity contribution in [2.75, 3.05) is 12.4 Å². The first-order chi connectivity index (χ1) is 15.9. The lowest BCUT2D eigenvalue weighted by atomic mass is 9.96. The Bertz CT molecular complexity index is 1140. The zero-order valence-electron chi connectivity index (χ0n) is 19.9. The second kappa shape index (κ2) is 9.53. The van der Waals surface area contributed by atoms with Crippen molar-refractivity contribution in [2.24, 2.45) is 0 Å². The molecule has 0 aliphatic heterocycles. The van der Waals surface area contributed by atoms with E-state index < -0.39 is 0 Å². The topological polar surface area (TPSA) is 68.2 Å². The Morgan fingerprint density at radius 1 is 1.06 bits per heavy atom. The van der Waals surface area contributed by atoms with Crippen LogP contribution in [0.3, 0.4) is 0 Å². The highest BCUT2D eigenvalue weighted by atomic mass is 16.5. The second-order valence-electron chi connectivity index (χ2n) is 8.90. The maximum absolute atomic E-state index is 12.5. The van der Waals surface area contributed by atoms with Gasteiger partial charge in [0.15, 0.2) is 0 Å². The standard InChI is InChI=1S/C27H32N4O2/c1-17(2)20-7-12-24(13-8-20)31-19(4)26(18(3)30-31)21-6-9-23(16-21)29-27(32)28-22-10-14-25(33-5)15-11-22/h6-15,17,21,23H,16H2,1-5H3,(H2,28,29,32)/t21-,23-/m1/s1. The Balaban J connectivity index is 1.41. The number of carbonyl (C=O) groups excluding carboxylic acids is 1. The van der Waals surface area contributed by atoms with Gasteiger partial charge in [0.1, 0.15) is 5.75 Å². The minimum atomic E-state index is -0.218. The number of nitrogens with one attached hydrogen (secondary N) is 2. The highest BCUT2D eigenvalue weighted by molar-refractivity contribution is 5.89. The van der Waals surface area contributed by atoms with Crippen LogP contribution in [0, 0.1) is 13.8 Å². The number of ether oxygens (including phenoxy) is 1. The molecule has 1 aliphatic carbocycles. The van der Waals surface area contributed by atoms with Gasteiger partial charge in [-0.2, -0.15) is 5.10 Å². The first-order valence-corrected chi connectivity index (χ1v) is 11.4. The van der Waals surface area contributed by atoms with Crippen molar-refractivity contribution in [1.29, 1.82) is 0 Å². The summed E-state index contributed by atoms with van der Waals surface area (Å²) < 4.78 is 7.18. The predicted molar refractivity (Wildman–Crippen MR) is 133 cm³/mol. The summed E-state index contributed by atoms with van der Waals surface area (Å²) in [6.45, 7) is 8.58. The highest BCUT2D eigenvalue weighted by Gasteiger charge is 2.27. The molecule has 33 heavy (non-hydrogen) atoms. The zero-order chi connectivity index (χ0) is 23.5. The second-order valence-corrected chi connectivity index (χ2v) is 8.90. The summed E-state index contributed by atoms with van der Waals surface area (Å²) in [5.74, 6) is 1.48. The Labute approximate surface area is 195 Å². The van der Waals surface area contributed by atoms with Crippen LogP contribution in [0.4, 0.5) is 10.5 Å². The van der Waals surface area contributed by atoms with Gasteiger partial charge in [-0.15, -0.1) is 0 Å². The lowest BCUT2D eigenvalue weighted by Crippen LogP contribution is -2.36. The van der Waals surface area contributed by atoms with Gasteiger partial charge < -0.3 is 15.4 Å². The van der Waals surface area contributed by atoms with E-state index in [1.54, 1.807) is 7.11 Å². The summed E-state index contributed by atoms with van der Waals surface area (Å²) in [7, 11) is 1.62. The van der Waals surface area contributed by atoms with Crippen LogP contribution in [-0.4, -0.2) is 29.0 Å². The third-order valence-electron chi connectivity index (χ3n) is 6.27. The Morgan fingerprint density at radius 2 is 1.76 bits per heavy atom. The molecule has 2 aromatic carbocycles. The number of methoxy groups -OCH3 is 1. The van der Waals surface area contributed by atoms with Crippen LogP contribution in [0.2, 0.25) is 0 Å². The van der Waals surface area contributed by atoms with Gasteiger partial charge in [-0.1, -0.05) is 38.1 Å². The van der Waals surface area contributed by atoms with E-state index >= 15 is 0 Å². The first kappa shape index (κ1) is 22.6. The van der Waals surface area contributed by atoms with Crippen LogP contribution in [0.5, 0.6) is 5.75 Å². The molecule has 6 heteroatoms.